The third-order valence-electron chi connectivity index (χ3n) is 6.01. The zero-order valence-electron chi connectivity index (χ0n) is 15.3. The number of benzene rings is 2. The predicted octanol–water partition coefficient (Wildman–Crippen LogP) is 4.26. The Morgan fingerprint density at radius 2 is 2.19 bits per heavy atom. The van der Waals surface area contributed by atoms with Crippen molar-refractivity contribution in [3.8, 4) is 11.1 Å². The number of piperidine rings is 1. The number of ether oxygens (including phenoxy) is 1. The van der Waals surface area contributed by atoms with E-state index in [1.165, 1.54) is 46.7 Å². The van der Waals surface area contributed by atoms with Crippen LogP contribution in [0.15, 0.2) is 41.3 Å². The maximum Gasteiger partial charge on any atom is 0.0713 e. The summed E-state index contributed by atoms with van der Waals surface area (Å²) in [7, 11) is 1.76. The average Bonchev–Trinajstić information content (AvgIpc) is 2.84. The first-order valence-electron chi connectivity index (χ1n) is 9.71. The van der Waals surface area contributed by atoms with E-state index in [0.717, 1.165) is 13.1 Å². The van der Waals surface area contributed by atoms with E-state index in [0.29, 0.717) is 18.6 Å². The Labute approximate surface area is 160 Å². The Kier molecular flexibility index (Phi) is 4.43. The van der Waals surface area contributed by atoms with Crippen molar-refractivity contribution in [2.45, 2.75) is 36.3 Å². The molecule has 0 spiro atoms. The Morgan fingerprint density at radius 3 is 3.12 bits per heavy atom. The molecule has 3 aliphatic heterocycles. The van der Waals surface area contributed by atoms with Gasteiger partial charge in [0.25, 0.3) is 0 Å². The van der Waals surface area contributed by atoms with Crippen molar-refractivity contribution >= 4 is 17.4 Å². The van der Waals surface area contributed by atoms with Crippen LogP contribution in [0, 0.1) is 0 Å². The molecule has 1 fully saturated rings. The van der Waals surface area contributed by atoms with Gasteiger partial charge in [-0.15, -0.1) is 11.8 Å². The number of thioether (sulfide) groups is 1. The van der Waals surface area contributed by atoms with Gasteiger partial charge in [-0.05, 0) is 65.6 Å². The zero-order chi connectivity index (χ0) is 17.5. The van der Waals surface area contributed by atoms with Crippen LogP contribution in [0.3, 0.4) is 0 Å². The van der Waals surface area contributed by atoms with Crippen LogP contribution in [-0.2, 0) is 11.3 Å². The summed E-state index contributed by atoms with van der Waals surface area (Å²) < 4.78 is 5.33. The van der Waals surface area contributed by atoms with Crippen molar-refractivity contribution in [1.82, 2.24) is 5.32 Å². The highest BCUT2D eigenvalue weighted by atomic mass is 32.2. The summed E-state index contributed by atoms with van der Waals surface area (Å²) >= 11 is 2.05. The lowest BCUT2D eigenvalue weighted by molar-refractivity contribution is 0.185. The first-order valence-corrected chi connectivity index (χ1v) is 10.7. The van der Waals surface area contributed by atoms with E-state index in [2.05, 4.69) is 46.6 Å². The normalized spacial score (nSPS) is 24.1. The molecule has 3 heterocycles. The number of hydrogen-bond donors (Lipinski definition) is 1. The summed E-state index contributed by atoms with van der Waals surface area (Å²) in [4.78, 5) is 4.22. The van der Waals surface area contributed by atoms with Gasteiger partial charge in [0.05, 0.1) is 12.3 Å². The highest BCUT2D eigenvalue weighted by Gasteiger charge is 2.41. The summed E-state index contributed by atoms with van der Waals surface area (Å²) in [6, 6.07) is 14.4. The molecule has 1 N–H and O–H groups in total. The maximum atomic E-state index is 5.33. The number of anilines is 1. The van der Waals surface area contributed by atoms with E-state index < -0.39 is 0 Å². The Hall–Kier alpha value is -1.49. The molecule has 26 heavy (non-hydrogen) atoms. The van der Waals surface area contributed by atoms with Gasteiger partial charge in [0, 0.05) is 37.1 Å². The van der Waals surface area contributed by atoms with Crippen molar-refractivity contribution in [2.24, 2.45) is 0 Å². The van der Waals surface area contributed by atoms with Gasteiger partial charge in [0.2, 0.25) is 0 Å². The fourth-order valence-corrected chi connectivity index (χ4v) is 5.97. The van der Waals surface area contributed by atoms with Gasteiger partial charge in [-0.2, -0.15) is 0 Å². The second kappa shape index (κ2) is 6.91. The number of methoxy groups -OCH3 is 1. The summed E-state index contributed by atoms with van der Waals surface area (Å²) in [6.45, 7) is 4.16. The molecule has 0 aliphatic carbocycles. The lowest BCUT2D eigenvalue weighted by Gasteiger charge is -2.33. The van der Waals surface area contributed by atoms with Gasteiger partial charge in [0.15, 0.2) is 0 Å². The minimum absolute atomic E-state index is 0.637. The van der Waals surface area contributed by atoms with Crippen LogP contribution in [0.1, 0.15) is 29.9 Å². The van der Waals surface area contributed by atoms with E-state index in [1.807, 2.05) is 11.8 Å². The van der Waals surface area contributed by atoms with E-state index in [9.17, 15) is 0 Å². The van der Waals surface area contributed by atoms with E-state index in [1.54, 1.807) is 18.4 Å². The molecule has 0 bridgehead atoms. The fourth-order valence-electron chi connectivity index (χ4n) is 4.90. The minimum Gasteiger partial charge on any atom is -0.380 e. The van der Waals surface area contributed by atoms with Crippen molar-refractivity contribution in [3.63, 3.8) is 0 Å². The Morgan fingerprint density at radius 1 is 1.23 bits per heavy atom. The molecule has 2 atom stereocenters. The van der Waals surface area contributed by atoms with Gasteiger partial charge >= 0.3 is 0 Å². The smallest absolute Gasteiger partial charge is 0.0713 e. The third-order valence-corrected chi connectivity index (χ3v) is 7.12. The van der Waals surface area contributed by atoms with Crippen LogP contribution in [0.5, 0.6) is 0 Å². The number of hydrogen-bond acceptors (Lipinski definition) is 4. The Bertz CT molecular complexity index is 822. The second-order valence-electron chi connectivity index (χ2n) is 7.61. The van der Waals surface area contributed by atoms with Crippen LogP contribution in [0.25, 0.3) is 11.1 Å². The quantitative estimate of drug-likeness (QED) is 0.877. The molecule has 0 aromatic heterocycles. The van der Waals surface area contributed by atoms with Gasteiger partial charge in [-0.1, -0.05) is 18.2 Å². The van der Waals surface area contributed by atoms with Crippen molar-refractivity contribution in [1.29, 1.82) is 0 Å². The van der Waals surface area contributed by atoms with E-state index in [4.69, 9.17) is 4.74 Å². The highest BCUT2D eigenvalue weighted by molar-refractivity contribution is 7.99. The predicted molar refractivity (Wildman–Crippen MR) is 109 cm³/mol. The molecule has 1 saturated heterocycles. The lowest BCUT2D eigenvalue weighted by atomic mass is 9.88. The number of nitrogens with one attached hydrogen (secondary N) is 1. The largest absolute Gasteiger partial charge is 0.380 e. The van der Waals surface area contributed by atoms with E-state index in [-0.39, 0.29) is 0 Å². The fraction of sp³-hybridized carbons (Fsp3) is 0.455. The molecule has 3 nitrogen and oxygen atoms in total. The number of nitrogens with zero attached hydrogens (tertiary/aromatic N) is 1. The van der Waals surface area contributed by atoms with Crippen LogP contribution in [0.2, 0.25) is 0 Å². The Balaban J connectivity index is 1.62. The SMILES string of the molecule is COCc1cccc(-c2cc3c4c(c2)[C@@H]2CNCC[C@@H]2N4CCCS3)c1. The van der Waals surface area contributed by atoms with E-state index >= 15 is 0 Å². The standard InChI is InChI=1S/C22H26N2OS/c1-25-14-15-4-2-5-16(10-15)17-11-18-19-13-23-7-6-20(19)24-8-3-9-26-21(12-17)22(18)24/h2,4-5,10-12,19-20,23H,3,6-9,13-14H2,1H3/t19-,20-/m0/s1. The molecule has 136 valence electrons. The molecular weight excluding hydrogens is 340 g/mol. The highest BCUT2D eigenvalue weighted by Crippen LogP contribution is 2.51. The van der Waals surface area contributed by atoms with Crippen molar-refractivity contribution < 1.29 is 4.74 Å². The zero-order valence-corrected chi connectivity index (χ0v) is 16.1. The van der Waals surface area contributed by atoms with Gasteiger partial charge < -0.3 is 15.0 Å². The van der Waals surface area contributed by atoms with Gasteiger partial charge in [-0.3, -0.25) is 0 Å². The molecular formula is C22H26N2OS. The second-order valence-corrected chi connectivity index (χ2v) is 8.74. The molecule has 0 unspecified atom stereocenters. The summed E-state index contributed by atoms with van der Waals surface area (Å²) in [5.74, 6) is 1.87. The summed E-state index contributed by atoms with van der Waals surface area (Å²) in [5.41, 5.74) is 7.02. The molecule has 2 aromatic rings. The van der Waals surface area contributed by atoms with Crippen molar-refractivity contribution in [3.05, 3.63) is 47.5 Å². The topological polar surface area (TPSA) is 24.5 Å². The summed E-state index contributed by atoms with van der Waals surface area (Å²) in [5, 5.41) is 3.63. The first-order chi connectivity index (χ1) is 12.8. The molecule has 3 aliphatic rings. The van der Waals surface area contributed by atoms with Gasteiger partial charge in [-0.25, -0.2) is 0 Å². The van der Waals surface area contributed by atoms with Crippen LogP contribution >= 0.6 is 11.8 Å². The molecule has 4 heteroatoms. The molecule has 2 aromatic carbocycles. The third kappa shape index (κ3) is 2.75. The number of fused-ring (bicyclic) bond motifs is 3. The van der Waals surface area contributed by atoms with Gasteiger partial charge in [0.1, 0.15) is 0 Å². The lowest BCUT2D eigenvalue weighted by Crippen LogP contribution is -2.44. The maximum absolute atomic E-state index is 5.33. The van der Waals surface area contributed by atoms with Crippen LogP contribution < -0.4 is 10.2 Å². The first kappa shape index (κ1) is 16.7. The monoisotopic (exact) mass is 366 g/mol. The minimum atomic E-state index is 0.637. The van der Waals surface area contributed by atoms with Crippen LogP contribution in [0.4, 0.5) is 5.69 Å². The molecule has 0 saturated carbocycles. The number of rotatable bonds is 3. The summed E-state index contributed by atoms with van der Waals surface area (Å²) in [6.07, 6.45) is 2.55. The average molecular weight is 367 g/mol. The van der Waals surface area contributed by atoms with Crippen molar-refractivity contribution in [2.75, 3.05) is 37.4 Å². The molecule has 5 rings (SSSR count). The molecule has 0 amide bonds. The molecule has 0 radical (unpaired) electrons. The van der Waals surface area contributed by atoms with Crippen LogP contribution in [-0.4, -0.2) is 38.5 Å².